The molecule has 0 saturated carbocycles. The van der Waals surface area contributed by atoms with Crippen LogP contribution in [0.4, 0.5) is 5.69 Å². The molecule has 8 heteroatoms. The monoisotopic (exact) mass is 491 g/mol. The van der Waals surface area contributed by atoms with Crippen LogP contribution >= 0.6 is 11.6 Å². The molecule has 1 unspecified atom stereocenters. The maximum atomic E-state index is 13.4. The molecule has 0 spiro atoms. The summed E-state index contributed by atoms with van der Waals surface area (Å²) in [6, 6.07) is 15.0. The molecule has 178 valence electrons. The third-order valence-electron chi connectivity index (χ3n) is 6.08. The average Bonchev–Trinajstić information content (AvgIpc) is 3.40. The smallest absolute Gasteiger partial charge is 0.300 e. The van der Waals surface area contributed by atoms with Crippen LogP contribution in [-0.4, -0.2) is 30.7 Å². The van der Waals surface area contributed by atoms with Gasteiger partial charge in [-0.05, 0) is 49.2 Å². The lowest BCUT2D eigenvalue weighted by molar-refractivity contribution is -0.132. The molecule has 3 aromatic rings. The van der Waals surface area contributed by atoms with E-state index in [0.717, 1.165) is 11.1 Å². The van der Waals surface area contributed by atoms with Gasteiger partial charge in [0.15, 0.2) is 11.5 Å². The van der Waals surface area contributed by atoms with Crippen molar-refractivity contribution < 1.29 is 28.9 Å². The largest absolute Gasteiger partial charge is 0.507 e. The third-order valence-corrected chi connectivity index (χ3v) is 6.36. The molecule has 0 bridgehead atoms. The Morgan fingerprint density at radius 3 is 2.54 bits per heavy atom. The number of nitrogens with zero attached hydrogens (tertiary/aromatic N) is 1. The van der Waals surface area contributed by atoms with Crippen molar-refractivity contribution in [3.8, 4) is 17.2 Å². The molecule has 2 heterocycles. The van der Waals surface area contributed by atoms with Gasteiger partial charge < -0.3 is 19.3 Å². The number of carbonyl (C=O) groups excluding carboxylic acids is 2. The molecule has 35 heavy (non-hydrogen) atoms. The van der Waals surface area contributed by atoms with Crippen LogP contribution in [0, 0.1) is 13.8 Å². The van der Waals surface area contributed by atoms with Crippen molar-refractivity contribution in [1.29, 1.82) is 0 Å². The normalized spacial score (nSPS) is 18.3. The van der Waals surface area contributed by atoms with Crippen molar-refractivity contribution in [2.75, 3.05) is 18.8 Å². The highest BCUT2D eigenvalue weighted by molar-refractivity contribution is 6.51. The van der Waals surface area contributed by atoms with E-state index in [1.807, 2.05) is 38.1 Å². The summed E-state index contributed by atoms with van der Waals surface area (Å²) < 4.78 is 16.3. The lowest BCUT2D eigenvalue weighted by Gasteiger charge is -2.26. The van der Waals surface area contributed by atoms with Crippen molar-refractivity contribution in [3.05, 3.63) is 87.4 Å². The number of hydrogen-bond donors (Lipinski definition) is 1. The molecular weight excluding hydrogens is 470 g/mol. The first-order valence-corrected chi connectivity index (χ1v) is 11.3. The molecule has 1 saturated heterocycles. The predicted molar refractivity (Wildman–Crippen MR) is 131 cm³/mol. The van der Waals surface area contributed by atoms with Crippen LogP contribution in [0.5, 0.6) is 17.2 Å². The van der Waals surface area contributed by atoms with Crippen molar-refractivity contribution in [2.24, 2.45) is 0 Å². The van der Waals surface area contributed by atoms with Gasteiger partial charge in [0.2, 0.25) is 6.79 Å². The maximum absolute atomic E-state index is 13.4. The van der Waals surface area contributed by atoms with E-state index in [1.165, 1.54) is 12.0 Å². The van der Waals surface area contributed by atoms with E-state index in [0.29, 0.717) is 22.7 Å². The minimum absolute atomic E-state index is 0.0572. The molecule has 3 aromatic carbocycles. The fraction of sp³-hybridized carbons (Fsp3) is 0.185. The van der Waals surface area contributed by atoms with Crippen molar-refractivity contribution in [3.63, 3.8) is 0 Å². The first-order valence-electron chi connectivity index (χ1n) is 10.9. The number of benzene rings is 3. The molecule has 5 rings (SSSR count). The molecule has 1 fully saturated rings. The lowest BCUT2D eigenvalue weighted by Crippen LogP contribution is -2.29. The van der Waals surface area contributed by atoms with Crippen LogP contribution < -0.4 is 19.1 Å². The number of aliphatic hydroxyl groups excluding tert-OH is 1. The average molecular weight is 492 g/mol. The Morgan fingerprint density at radius 2 is 1.80 bits per heavy atom. The number of anilines is 1. The minimum atomic E-state index is -0.890. The Balaban J connectivity index is 1.76. The van der Waals surface area contributed by atoms with Gasteiger partial charge in [-0.25, -0.2) is 0 Å². The van der Waals surface area contributed by atoms with Gasteiger partial charge in [-0.15, -0.1) is 0 Å². The van der Waals surface area contributed by atoms with E-state index in [-0.39, 0.29) is 34.5 Å². The van der Waals surface area contributed by atoms with Gasteiger partial charge in [0, 0.05) is 11.8 Å². The van der Waals surface area contributed by atoms with Crippen molar-refractivity contribution >= 4 is 34.7 Å². The number of ketones is 1. The summed E-state index contributed by atoms with van der Waals surface area (Å²) in [5.41, 5.74) is 2.98. The number of halogens is 1. The van der Waals surface area contributed by atoms with Gasteiger partial charge in [0.25, 0.3) is 11.7 Å². The van der Waals surface area contributed by atoms with Crippen LogP contribution in [0.1, 0.15) is 28.3 Å². The Labute approximate surface area is 207 Å². The van der Waals surface area contributed by atoms with Crippen LogP contribution in [0.2, 0.25) is 5.02 Å². The number of amides is 1. The zero-order valence-electron chi connectivity index (χ0n) is 19.3. The summed E-state index contributed by atoms with van der Waals surface area (Å²) in [6.07, 6.45) is 0. The van der Waals surface area contributed by atoms with Crippen molar-refractivity contribution in [1.82, 2.24) is 0 Å². The summed E-state index contributed by atoms with van der Waals surface area (Å²) >= 11 is 6.36. The second-order valence-electron chi connectivity index (χ2n) is 8.45. The Kier molecular flexibility index (Phi) is 5.65. The van der Waals surface area contributed by atoms with E-state index >= 15 is 0 Å². The second-order valence-corrected chi connectivity index (χ2v) is 8.86. The van der Waals surface area contributed by atoms with Gasteiger partial charge in [-0.3, -0.25) is 14.5 Å². The Hall–Kier alpha value is -3.97. The zero-order valence-corrected chi connectivity index (χ0v) is 20.1. The molecule has 2 aliphatic rings. The van der Waals surface area contributed by atoms with Gasteiger partial charge in [-0.1, -0.05) is 41.4 Å². The molecule has 1 N–H and O–H groups in total. The topological polar surface area (TPSA) is 85.3 Å². The number of ether oxygens (including phenoxy) is 3. The van der Waals surface area contributed by atoms with Crippen molar-refractivity contribution in [2.45, 2.75) is 19.9 Å². The standard InChI is InChI=1S/C27H22ClNO6/c1-14-5-4-6-16(9-14)23-22(24(30)18-10-15(2)11-19(28)26(18)33-3)25(31)27(32)29(23)17-7-8-20-21(12-17)35-13-34-20/h4-12,23,30H,13H2,1-3H3/b24-22+. The summed E-state index contributed by atoms with van der Waals surface area (Å²) in [5, 5.41) is 11.8. The number of hydrogen-bond acceptors (Lipinski definition) is 6. The Bertz CT molecular complexity index is 1410. The third kappa shape index (κ3) is 3.78. The number of aryl methyl sites for hydroxylation is 2. The molecule has 1 atom stereocenters. The SMILES string of the molecule is COc1c(Cl)cc(C)cc1/C(O)=C1\C(=O)C(=O)N(c2ccc3c(c2)OCO3)C1c1cccc(C)c1. The number of carbonyl (C=O) groups is 2. The fourth-order valence-electron chi connectivity index (χ4n) is 4.55. The van der Waals surface area contributed by atoms with E-state index in [2.05, 4.69) is 0 Å². The van der Waals surface area contributed by atoms with Gasteiger partial charge in [-0.2, -0.15) is 0 Å². The predicted octanol–water partition coefficient (Wildman–Crippen LogP) is 5.32. The van der Waals surface area contributed by atoms with E-state index in [9.17, 15) is 14.7 Å². The highest BCUT2D eigenvalue weighted by atomic mass is 35.5. The molecule has 0 radical (unpaired) electrons. The quantitative estimate of drug-likeness (QED) is 0.302. The highest BCUT2D eigenvalue weighted by Gasteiger charge is 2.47. The first-order chi connectivity index (χ1) is 16.8. The summed E-state index contributed by atoms with van der Waals surface area (Å²) in [5.74, 6) is -0.704. The first kappa shape index (κ1) is 22.8. The molecule has 0 aliphatic carbocycles. The molecule has 7 nitrogen and oxygen atoms in total. The molecule has 1 amide bonds. The van der Waals surface area contributed by atoms with E-state index in [4.69, 9.17) is 25.8 Å². The number of Topliss-reactive ketones (excluding diaryl/α,β-unsaturated/α-hetero) is 1. The molecular formula is C27H22ClNO6. The summed E-state index contributed by atoms with van der Waals surface area (Å²) in [6.45, 7) is 3.80. The van der Waals surface area contributed by atoms with E-state index in [1.54, 1.807) is 30.3 Å². The van der Waals surface area contributed by atoms with E-state index < -0.39 is 17.7 Å². The second kappa shape index (κ2) is 8.67. The van der Waals surface area contributed by atoms with Gasteiger partial charge in [0.05, 0.1) is 29.3 Å². The molecule has 0 aromatic heterocycles. The van der Waals surface area contributed by atoms with Crippen LogP contribution in [-0.2, 0) is 9.59 Å². The maximum Gasteiger partial charge on any atom is 0.300 e. The Morgan fingerprint density at radius 1 is 1.03 bits per heavy atom. The number of methoxy groups -OCH3 is 1. The highest BCUT2D eigenvalue weighted by Crippen LogP contribution is 2.46. The summed E-state index contributed by atoms with van der Waals surface area (Å²) in [4.78, 5) is 28.2. The number of aliphatic hydroxyl groups is 1. The number of fused-ring (bicyclic) bond motifs is 1. The lowest BCUT2D eigenvalue weighted by atomic mass is 9.93. The van der Waals surface area contributed by atoms with Crippen LogP contribution in [0.3, 0.4) is 0 Å². The number of rotatable bonds is 4. The van der Waals surface area contributed by atoms with Gasteiger partial charge in [0.1, 0.15) is 11.5 Å². The van der Waals surface area contributed by atoms with Gasteiger partial charge >= 0.3 is 0 Å². The summed E-state index contributed by atoms with van der Waals surface area (Å²) in [7, 11) is 1.43. The fourth-order valence-corrected chi connectivity index (χ4v) is 4.90. The van der Waals surface area contributed by atoms with Crippen LogP contribution in [0.15, 0.2) is 60.2 Å². The minimum Gasteiger partial charge on any atom is -0.507 e. The zero-order chi connectivity index (χ0) is 24.9. The molecule has 2 aliphatic heterocycles. The van der Waals surface area contributed by atoms with Crippen LogP contribution in [0.25, 0.3) is 5.76 Å².